The van der Waals surface area contributed by atoms with E-state index in [1.165, 1.54) is 0 Å². The molecule has 1 saturated carbocycles. The van der Waals surface area contributed by atoms with Gasteiger partial charge in [-0.05, 0) is 37.5 Å². The van der Waals surface area contributed by atoms with Gasteiger partial charge in [-0.25, -0.2) is 0 Å². The Morgan fingerprint density at radius 1 is 1.35 bits per heavy atom. The highest BCUT2D eigenvalue weighted by atomic mass is 35.5. The second-order valence-electron chi connectivity index (χ2n) is 4.69. The maximum Gasteiger partial charge on any atom is 0.140 e. The van der Waals surface area contributed by atoms with Crippen LogP contribution in [-0.2, 0) is 10.2 Å². The minimum Gasteiger partial charge on any atom is -0.495 e. The van der Waals surface area contributed by atoms with E-state index in [1.807, 2.05) is 18.2 Å². The molecule has 0 saturated heterocycles. The highest BCUT2D eigenvalue weighted by Gasteiger charge is 2.40. The number of methoxy groups -OCH3 is 1. The van der Waals surface area contributed by atoms with Crippen LogP contribution in [0.25, 0.3) is 0 Å². The van der Waals surface area contributed by atoms with Gasteiger partial charge in [0.15, 0.2) is 0 Å². The van der Waals surface area contributed by atoms with Crippen LogP contribution >= 0.6 is 11.6 Å². The third-order valence-corrected chi connectivity index (χ3v) is 4.13. The Labute approximate surface area is 107 Å². The molecule has 0 radical (unpaired) electrons. The van der Waals surface area contributed by atoms with Crippen LogP contribution < -0.4 is 4.74 Å². The first kappa shape index (κ1) is 12.4. The van der Waals surface area contributed by atoms with Crippen molar-refractivity contribution in [3.05, 3.63) is 28.8 Å². The predicted molar refractivity (Wildman–Crippen MR) is 68.8 cm³/mol. The molecule has 0 bridgehead atoms. The van der Waals surface area contributed by atoms with Gasteiger partial charge in [-0.3, -0.25) is 4.79 Å². The topological polar surface area (TPSA) is 26.3 Å². The minimum absolute atomic E-state index is 0.247. The zero-order valence-corrected chi connectivity index (χ0v) is 11.0. The highest BCUT2D eigenvalue weighted by molar-refractivity contribution is 6.32. The SMILES string of the molecule is COc1ccc(C2(C(C)=O)CCCC2)cc1Cl. The number of hydrogen-bond acceptors (Lipinski definition) is 2. The van der Waals surface area contributed by atoms with Crippen LogP contribution in [0.4, 0.5) is 0 Å². The molecule has 92 valence electrons. The van der Waals surface area contributed by atoms with Gasteiger partial charge in [0.1, 0.15) is 11.5 Å². The Morgan fingerprint density at radius 3 is 2.47 bits per heavy atom. The van der Waals surface area contributed by atoms with E-state index in [1.54, 1.807) is 14.0 Å². The van der Waals surface area contributed by atoms with E-state index in [0.29, 0.717) is 10.8 Å². The van der Waals surface area contributed by atoms with Crippen molar-refractivity contribution in [1.29, 1.82) is 0 Å². The monoisotopic (exact) mass is 252 g/mol. The van der Waals surface area contributed by atoms with Crippen LogP contribution in [0.3, 0.4) is 0 Å². The van der Waals surface area contributed by atoms with Crippen molar-refractivity contribution in [3.63, 3.8) is 0 Å². The maximum atomic E-state index is 12.0. The molecule has 1 aliphatic carbocycles. The molecule has 3 heteroatoms. The van der Waals surface area contributed by atoms with E-state index in [-0.39, 0.29) is 11.2 Å². The Hall–Kier alpha value is -1.02. The smallest absolute Gasteiger partial charge is 0.140 e. The lowest BCUT2D eigenvalue weighted by molar-refractivity contribution is -0.122. The fourth-order valence-corrected chi connectivity index (χ4v) is 3.04. The molecule has 0 heterocycles. The van der Waals surface area contributed by atoms with Crippen molar-refractivity contribution in [3.8, 4) is 5.75 Å². The van der Waals surface area contributed by atoms with Crippen molar-refractivity contribution in [2.24, 2.45) is 0 Å². The minimum atomic E-state index is -0.310. The quantitative estimate of drug-likeness (QED) is 0.819. The first-order valence-electron chi connectivity index (χ1n) is 5.95. The van der Waals surface area contributed by atoms with Gasteiger partial charge in [0.05, 0.1) is 17.5 Å². The summed E-state index contributed by atoms with van der Waals surface area (Å²) in [4.78, 5) is 12.0. The van der Waals surface area contributed by atoms with Gasteiger partial charge in [-0.1, -0.05) is 30.5 Å². The summed E-state index contributed by atoms with van der Waals surface area (Å²) >= 11 is 6.14. The van der Waals surface area contributed by atoms with E-state index in [4.69, 9.17) is 16.3 Å². The van der Waals surface area contributed by atoms with Gasteiger partial charge in [0, 0.05) is 0 Å². The summed E-state index contributed by atoms with van der Waals surface area (Å²) in [5, 5.41) is 0.581. The van der Waals surface area contributed by atoms with E-state index in [9.17, 15) is 4.79 Å². The molecule has 1 aromatic carbocycles. The number of benzene rings is 1. The normalized spacial score (nSPS) is 18.1. The molecule has 0 spiro atoms. The zero-order valence-electron chi connectivity index (χ0n) is 10.3. The molecule has 0 atom stereocenters. The standard InChI is InChI=1S/C14H17ClO2/c1-10(16)14(7-3-4-8-14)11-5-6-13(17-2)12(15)9-11/h5-6,9H,3-4,7-8H2,1-2H3. The van der Waals surface area contributed by atoms with Crippen molar-refractivity contribution in [2.45, 2.75) is 38.0 Å². The Balaban J connectivity index is 2.44. The lowest BCUT2D eigenvalue weighted by atomic mass is 9.76. The molecule has 0 aromatic heterocycles. The molecule has 1 fully saturated rings. The lowest BCUT2D eigenvalue weighted by Crippen LogP contribution is -2.30. The average molecular weight is 253 g/mol. The first-order valence-corrected chi connectivity index (χ1v) is 6.33. The van der Waals surface area contributed by atoms with Crippen LogP contribution in [-0.4, -0.2) is 12.9 Å². The van der Waals surface area contributed by atoms with Gasteiger partial charge < -0.3 is 4.74 Å². The van der Waals surface area contributed by atoms with Gasteiger partial charge >= 0.3 is 0 Å². The number of ether oxygens (including phenoxy) is 1. The van der Waals surface area contributed by atoms with Crippen LogP contribution in [0.1, 0.15) is 38.2 Å². The molecule has 0 amide bonds. The number of halogens is 1. The summed E-state index contributed by atoms with van der Waals surface area (Å²) in [5.74, 6) is 0.906. The molecule has 0 aliphatic heterocycles. The number of carbonyl (C=O) groups is 1. The van der Waals surface area contributed by atoms with E-state index in [0.717, 1.165) is 31.2 Å². The molecular formula is C14H17ClO2. The lowest BCUT2D eigenvalue weighted by Gasteiger charge is -2.26. The predicted octanol–water partition coefficient (Wildman–Crippen LogP) is 3.75. The van der Waals surface area contributed by atoms with Crippen LogP contribution in [0.2, 0.25) is 5.02 Å². The summed E-state index contributed by atoms with van der Waals surface area (Å²) in [6.07, 6.45) is 4.10. The van der Waals surface area contributed by atoms with E-state index in [2.05, 4.69) is 0 Å². The molecular weight excluding hydrogens is 236 g/mol. The van der Waals surface area contributed by atoms with E-state index >= 15 is 0 Å². The number of hydrogen-bond donors (Lipinski definition) is 0. The second kappa shape index (κ2) is 4.69. The fourth-order valence-electron chi connectivity index (χ4n) is 2.79. The third-order valence-electron chi connectivity index (χ3n) is 3.84. The molecule has 0 N–H and O–H groups in total. The van der Waals surface area contributed by atoms with Gasteiger partial charge in [0.2, 0.25) is 0 Å². The summed E-state index contributed by atoms with van der Waals surface area (Å²) < 4.78 is 5.14. The summed E-state index contributed by atoms with van der Waals surface area (Å²) in [6.45, 7) is 1.68. The fraction of sp³-hybridized carbons (Fsp3) is 0.500. The Kier molecular flexibility index (Phi) is 3.43. The van der Waals surface area contributed by atoms with Crippen molar-refractivity contribution in [2.75, 3.05) is 7.11 Å². The molecule has 2 nitrogen and oxygen atoms in total. The van der Waals surface area contributed by atoms with Crippen LogP contribution in [0.5, 0.6) is 5.75 Å². The average Bonchev–Trinajstić information content (AvgIpc) is 2.79. The number of Topliss-reactive ketones (excluding diaryl/α,β-unsaturated/α-hetero) is 1. The van der Waals surface area contributed by atoms with Crippen LogP contribution in [0, 0.1) is 0 Å². The van der Waals surface area contributed by atoms with Crippen molar-refractivity contribution < 1.29 is 9.53 Å². The van der Waals surface area contributed by atoms with Gasteiger partial charge in [-0.15, -0.1) is 0 Å². The number of carbonyl (C=O) groups excluding carboxylic acids is 1. The van der Waals surface area contributed by atoms with Gasteiger partial charge in [0.25, 0.3) is 0 Å². The molecule has 1 aliphatic rings. The van der Waals surface area contributed by atoms with E-state index < -0.39 is 0 Å². The van der Waals surface area contributed by atoms with Crippen LogP contribution in [0.15, 0.2) is 18.2 Å². The maximum absolute atomic E-state index is 12.0. The Morgan fingerprint density at radius 2 is 2.00 bits per heavy atom. The van der Waals surface area contributed by atoms with Crippen molar-refractivity contribution in [1.82, 2.24) is 0 Å². The highest BCUT2D eigenvalue weighted by Crippen LogP contribution is 2.43. The molecule has 0 unspecified atom stereocenters. The largest absolute Gasteiger partial charge is 0.495 e. The Bertz CT molecular complexity index is 434. The first-order chi connectivity index (χ1) is 8.10. The number of ketones is 1. The molecule has 17 heavy (non-hydrogen) atoms. The van der Waals surface area contributed by atoms with Crippen molar-refractivity contribution >= 4 is 17.4 Å². The second-order valence-corrected chi connectivity index (χ2v) is 5.10. The summed E-state index contributed by atoms with van der Waals surface area (Å²) in [6, 6.07) is 5.70. The summed E-state index contributed by atoms with van der Waals surface area (Å²) in [7, 11) is 1.59. The zero-order chi connectivity index (χ0) is 12.5. The number of rotatable bonds is 3. The molecule has 2 rings (SSSR count). The van der Waals surface area contributed by atoms with Gasteiger partial charge in [-0.2, -0.15) is 0 Å². The summed E-state index contributed by atoms with van der Waals surface area (Å²) in [5.41, 5.74) is 0.726. The molecule has 1 aromatic rings. The third kappa shape index (κ3) is 2.06.